The van der Waals surface area contributed by atoms with Crippen LogP contribution < -0.4 is 0 Å². The van der Waals surface area contributed by atoms with Gasteiger partial charge in [-0.05, 0) is 0 Å². The maximum Gasteiger partial charge on any atom is 0.394 e. The number of hydrogen-bond acceptors (Lipinski definition) is 2. The van der Waals surface area contributed by atoms with Crippen LogP contribution in [0.15, 0.2) is 0 Å². The van der Waals surface area contributed by atoms with Gasteiger partial charge in [0.05, 0.1) is 0 Å². The van der Waals surface area contributed by atoms with E-state index < -0.39 is 10.4 Å². The summed E-state index contributed by atoms with van der Waals surface area (Å²) in [5.74, 6) is 0. The van der Waals surface area contributed by atoms with Crippen molar-refractivity contribution in [2.75, 3.05) is 0 Å². The zero-order valence-corrected chi connectivity index (χ0v) is 5.85. The lowest BCUT2D eigenvalue weighted by atomic mass is 12.0. The third-order valence-electron chi connectivity index (χ3n) is 0. The lowest BCUT2D eigenvalue weighted by molar-refractivity contribution is 0.381. The molecule has 0 aliphatic heterocycles. The molecular formula is C2H7O4PS. The van der Waals surface area contributed by atoms with Crippen LogP contribution in [0.5, 0.6) is 0 Å². The van der Waals surface area contributed by atoms with E-state index >= 15 is 0 Å². The third kappa shape index (κ3) is 17600. The van der Waals surface area contributed by atoms with Crippen LogP contribution in [0, 0.1) is 0 Å². The summed E-state index contributed by atoms with van der Waals surface area (Å²) in [7, 11) is -4.08. The lowest BCUT2D eigenvalue weighted by Crippen LogP contribution is -1.89. The SMILES string of the molecule is C=[PH]=C.O=S(=O)(O)O. The minimum Gasteiger partial charge on any atom is -0.264 e. The van der Waals surface area contributed by atoms with E-state index in [1.165, 1.54) is 0 Å². The Hall–Kier alpha value is -0.0900. The maximum atomic E-state index is 8.74. The van der Waals surface area contributed by atoms with Crippen molar-refractivity contribution in [2.45, 2.75) is 0 Å². The predicted octanol–water partition coefficient (Wildman–Crippen LogP) is -0.124. The first-order valence-electron chi connectivity index (χ1n) is 1.41. The molecule has 0 atom stereocenters. The van der Waals surface area contributed by atoms with Crippen LogP contribution in [0.25, 0.3) is 0 Å². The molecule has 0 aromatic heterocycles. The molecule has 4 nitrogen and oxygen atoms in total. The fourth-order valence-corrected chi connectivity index (χ4v) is 0. The zero-order valence-electron chi connectivity index (χ0n) is 4.03. The maximum absolute atomic E-state index is 8.74. The topological polar surface area (TPSA) is 74.6 Å². The molecule has 0 aliphatic carbocycles. The van der Waals surface area contributed by atoms with Crippen LogP contribution in [0.3, 0.4) is 0 Å². The molecule has 0 radical (unpaired) electrons. The van der Waals surface area contributed by atoms with Gasteiger partial charge in [-0.1, -0.05) is 12.6 Å². The number of hydrogen-bond donors (Lipinski definition) is 2. The van der Waals surface area contributed by atoms with Gasteiger partial charge < -0.3 is 0 Å². The summed E-state index contributed by atoms with van der Waals surface area (Å²) < 4.78 is 31.6. The highest BCUT2D eigenvalue weighted by molar-refractivity contribution is 7.79. The van der Waals surface area contributed by atoms with Crippen molar-refractivity contribution < 1.29 is 17.5 Å². The van der Waals surface area contributed by atoms with Gasteiger partial charge in [-0.2, -0.15) is 16.2 Å². The predicted molar refractivity (Wildman–Crippen MR) is 36.7 cm³/mol. The summed E-state index contributed by atoms with van der Waals surface area (Å²) in [5, 5.41) is 0. The first-order valence-corrected chi connectivity index (χ1v) is 4.22. The van der Waals surface area contributed by atoms with Gasteiger partial charge in [0.2, 0.25) is 0 Å². The molecule has 0 aromatic rings. The van der Waals surface area contributed by atoms with E-state index in [2.05, 4.69) is 12.6 Å². The normalized spacial score (nSPS) is 8.75. The average molecular weight is 158 g/mol. The molecular weight excluding hydrogens is 151 g/mol. The van der Waals surface area contributed by atoms with Crippen LogP contribution >= 0.6 is 7.83 Å². The molecule has 0 aromatic carbocycles. The molecule has 6 heteroatoms. The van der Waals surface area contributed by atoms with Crippen LogP contribution in [-0.2, 0) is 10.4 Å². The van der Waals surface area contributed by atoms with Crippen molar-refractivity contribution in [3.05, 3.63) is 0 Å². The Balaban J connectivity index is 0. The Kier molecular flexibility index (Phi) is 6.83. The van der Waals surface area contributed by atoms with Gasteiger partial charge >= 0.3 is 10.4 Å². The average Bonchev–Trinajstić information content (AvgIpc) is 1.27. The molecule has 0 saturated heterocycles. The van der Waals surface area contributed by atoms with Crippen LogP contribution in [0.4, 0.5) is 0 Å². The smallest absolute Gasteiger partial charge is 0.264 e. The van der Waals surface area contributed by atoms with E-state index in [1.54, 1.807) is 0 Å². The van der Waals surface area contributed by atoms with Crippen LogP contribution in [0.1, 0.15) is 0 Å². The van der Waals surface area contributed by atoms with Crippen molar-refractivity contribution >= 4 is 30.8 Å². The molecule has 0 unspecified atom stereocenters. The van der Waals surface area contributed by atoms with Gasteiger partial charge in [0.1, 0.15) is 0 Å². The Bertz CT molecular complexity index is 154. The van der Waals surface area contributed by atoms with Crippen molar-refractivity contribution in [1.82, 2.24) is 0 Å². The minimum atomic E-state index is -4.67. The number of rotatable bonds is 0. The monoisotopic (exact) mass is 158 g/mol. The summed E-state index contributed by atoms with van der Waals surface area (Å²) in [6, 6.07) is 0. The third-order valence-corrected chi connectivity index (χ3v) is 0. The van der Waals surface area contributed by atoms with Crippen molar-refractivity contribution in [3.8, 4) is 0 Å². The van der Waals surface area contributed by atoms with Gasteiger partial charge in [0.15, 0.2) is 0 Å². The molecule has 0 rings (SSSR count). The molecule has 0 bridgehead atoms. The lowest BCUT2D eigenvalue weighted by Gasteiger charge is -1.68. The molecule has 0 amide bonds. The summed E-state index contributed by atoms with van der Waals surface area (Å²) in [6.45, 7) is 0. The fraction of sp³-hybridized carbons (Fsp3) is 0. The molecule has 0 heterocycles. The highest BCUT2D eigenvalue weighted by Crippen LogP contribution is 1.59. The fourth-order valence-electron chi connectivity index (χ4n) is 0. The van der Waals surface area contributed by atoms with Gasteiger partial charge in [-0.3, -0.25) is 9.11 Å². The second-order valence-electron chi connectivity index (χ2n) is 0.698. The molecule has 0 aliphatic rings. The second-order valence-corrected chi connectivity index (χ2v) is 2.09. The molecule has 2 N–H and O–H groups in total. The standard InChI is InChI=1S/C2H5P.H2O4S/c1-3-2;1-5(2,3)4/h3H,1-2H2;(H2,1,2,3,4). The molecule has 50 valence electrons. The quantitative estimate of drug-likeness (QED) is 0.380. The van der Waals surface area contributed by atoms with Crippen molar-refractivity contribution in [1.29, 1.82) is 0 Å². The van der Waals surface area contributed by atoms with E-state index in [4.69, 9.17) is 17.5 Å². The Morgan fingerprint density at radius 1 is 1.25 bits per heavy atom. The first kappa shape index (κ1) is 10.8. The summed E-state index contributed by atoms with van der Waals surface area (Å²) in [6.07, 6.45) is 6.81. The Labute approximate surface area is 49.2 Å². The highest BCUT2D eigenvalue weighted by Gasteiger charge is 1.84. The summed E-state index contributed by atoms with van der Waals surface area (Å²) >= 11 is 0. The van der Waals surface area contributed by atoms with E-state index in [1.807, 2.05) is 0 Å². The van der Waals surface area contributed by atoms with E-state index in [0.29, 0.717) is 7.83 Å². The first-order chi connectivity index (χ1) is 3.41. The van der Waals surface area contributed by atoms with Crippen molar-refractivity contribution in [2.24, 2.45) is 0 Å². The van der Waals surface area contributed by atoms with Gasteiger partial charge in [-0.15, -0.1) is 0 Å². The van der Waals surface area contributed by atoms with Gasteiger partial charge in [0, 0.05) is 0 Å². The minimum absolute atomic E-state index is 0.583. The second kappa shape index (κ2) is 5.05. The van der Waals surface area contributed by atoms with Crippen LogP contribution in [-0.4, -0.2) is 30.1 Å². The van der Waals surface area contributed by atoms with E-state index in [9.17, 15) is 0 Å². The molecule has 0 saturated carbocycles. The molecule has 0 spiro atoms. The van der Waals surface area contributed by atoms with Crippen molar-refractivity contribution in [3.63, 3.8) is 0 Å². The molecule has 0 fully saturated rings. The van der Waals surface area contributed by atoms with E-state index in [0.717, 1.165) is 0 Å². The van der Waals surface area contributed by atoms with Gasteiger partial charge in [0.25, 0.3) is 0 Å². The Morgan fingerprint density at radius 2 is 1.25 bits per heavy atom. The zero-order chi connectivity index (χ0) is 7.21. The highest BCUT2D eigenvalue weighted by atomic mass is 32.3. The van der Waals surface area contributed by atoms with Crippen LogP contribution in [0.2, 0.25) is 0 Å². The largest absolute Gasteiger partial charge is 0.394 e. The Morgan fingerprint density at radius 3 is 1.25 bits per heavy atom. The van der Waals surface area contributed by atoms with E-state index in [-0.39, 0.29) is 0 Å². The van der Waals surface area contributed by atoms with Gasteiger partial charge in [-0.25, -0.2) is 0 Å². The molecule has 8 heavy (non-hydrogen) atoms. The summed E-state index contributed by atoms with van der Waals surface area (Å²) in [4.78, 5) is 0. The summed E-state index contributed by atoms with van der Waals surface area (Å²) in [5.41, 5.74) is 0.